The van der Waals surface area contributed by atoms with Crippen molar-refractivity contribution in [2.75, 3.05) is 14.2 Å². The molecule has 1 fully saturated rings. The zero-order valence-electron chi connectivity index (χ0n) is 12.6. The topological polar surface area (TPSA) is 84.9 Å². The molecule has 0 aromatic heterocycles. The predicted octanol–water partition coefficient (Wildman–Crippen LogP) is 1.14. The SMILES string of the molecule is COc1ccc(S(=O)(=O)NC2CC(O)C2(C)C)cc1OC. The third-order valence-electron chi connectivity index (χ3n) is 4.18. The summed E-state index contributed by atoms with van der Waals surface area (Å²) >= 11 is 0. The molecule has 0 amide bonds. The Kier molecular flexibility index (Phi) is 4.19. The molecule has 1 aromatic carbocycles. The number of aliphatic hydroxyl groups excluding tert-OH is 1. The Balaban J connectivity index is 2.24. The van der Waals surface area contributed by atoms with Crippen LogP contribution < -0.4 is 14.2 Å². The van der Waals surface area contributed by atoms with Gasteiger partial charge >= 0.3 is 0 Å². The molecule has 2 N–H and O–H groups in total. The molecule has 7 heteroatoms. The van der Waals surface area contributed by atoms with E-state index in [1.807, 2.05) is 13.8 Å². The molecule has 0 bridgehead atoms. The van der Waals surface area contributed by atoms with Crippen molar-refractivity contribution >= 4 is 10.0 Å². The summed E-state index contributed by atoms with van der Waals surface area (Å²) in [6, 6.07) is 4.15. The van der Waals surface area contributed by atoms with E-state index >= 15 is 0 Å². The smallest absolute Gasteiger partial charge is 0.240 e. The number of rotatable bonds is 5. The van der Waals surface area contributed by atoms with Gasteiger partial charge in [-0.25, -0.2) is 13.1 Å². The average molecular weight is 315 g/mol. The van der Waals surface area contributed by atoms with Crippen molar-refractivity contribution in [2.45, 2.75) is 37.3 Å². The molecular formula is C14H21NO5S. The lowest BCUT2D eigenvalue weighted by Crippen LogP contribution is -2.61. The molecular weight excluding hydrogens is 294 g/mol. The second kappa shape index (κ2) is 5.47. The minimum Gasteiger partial charge on any atom is -0.493 e. The van der Waals surface area contributed by atoms with Gasteiger partial charge in [-0.3, -0.25) is 0 Å². The molecule has 1 saturated carbocycles. The molecule has 0 spiro atoms. The van der Waals surface area contributed by atoms with Gasteiger partial charge in [-0.2, -0.15) is 0 Å². The molecule has 1 aromatic rings. The van der Waals surface area contributed by atoms with Crippen LogP contribution in [0.4, 0.5) is 0 Å². The Morgan fingerprint density at radius 2 is 1.86 bits per heavy atom. The zero-order chi connectivity index (χ0) is 15.8. The lowest BCUT2D eigenvalue weighted by Gasteiger charge is -2.49. The summed E-state index contributed by atoms with van der Waals surface area (Å²) in [7, 11) is -0.729. The monoisotopic (exact) mass is 315 g/mol. The number of hydrogen-bond acceptors (Lipinski definition) is 5. The predicted molar refractivity (Wildman–Crippen MR) is 78.1 cm³/mol. The van der Waals surface area contributed by atoms with Crippen LogP contribution in [0.1, 0.15) is 20.3 Å². The van der Waals surface area contributed by atoms with E-state index in [1.54, 1.807) is 6.07 Å². The Morgan fingerprint density at radius 3 is 2.33 bits per heavy atom. The fraction of sp³-hybridized carbons (Fsp3) is 0.571. The highest BCUT2D eigenvalue weighted by atomic mass is 32.2. The average Bonchev–Trinajstić information content (AvgIpc) is 2.46. The number of methoxy groups -OCH3 is 2. The maximum atomic E-state index is 12.4. The standard InChI is InChI=1S/C14H21NO5S/c1-14(2)12(8-13(14)16)15-21(17,18)9-5-6-10(19-3)11(7-9)20-4/h5-7,12-13,15-16H,8H2,1-4H3. The number of hydrogen-bond donors (Lipinski definition) is 2. The highest BCUT2D eigenvalue weighted by Gasteiger charge is 2.48. The first kappa shape index (κ1) is 16.1. The van der Waals surface area contributed by atoms with Gasteiger partial charge in [0.25, 0.3) is 0 Å². The highest BCUT2D eigenvalue weighted by Crippen LogP contribution is 2.41. The van der Waals surface area contributed by atoms with Gasteiger partial charge < -0.3 is 14.6 Å². The third-order valence-corrected chi connectivity index (χ3v) is 5.65. The second-order valence-electron chi connectivity index (χ2n) is 5.76. The third kappa shape index (κ3) is 2.86. The Morgan fingerprint density at radius 1 is 1.24 bits per heavy atom. The van der Waals surface area contributed by atoms with Gasteiger partial charge in [-0.15, -0.1) is 0 Å². The van der Waals surface area contributed by atoms with Crippen LogP contribution in [0.2, 0.25) is 0 Å². The summed E-state index contributed by atoms with van der Waals surface area (Å²) in [5.74, 6) is 0.823. The summed E-state index contributed by atoms with van der Waals surface area (Å²) in [5.41, 5.74) is -0.469. The van der Waals surface area contributed by atoms with Gasteiger partial charge in [0.2, 0.25) is 10.0 Å². The normalized spacial score (nSPS) is 24.2. The van der Waals surface area contributed by atoms with Gasteiger partial charge in [0.05, 0.1) is 25.2 Å². The number of aliphatic hydroxyl groups is 1. The fourth-order valence-electron chi connectivity index (χ4n) is 2.34. The van der Waals surface area contributed by atoms with E-state index in [1.165, 1.54) is 26.4 Å². The first-order chi connectivity index (χ1) is 9.72. The van der Waals surface area contributed by atoms with Crippen LogP contribution in [-0.4, -0.2) is 39.9 Å². The number of ether oxygens (including phenoxy) is 2. The molecule has 1 aliphatic carbocycles. The molecule has 0 aliphatic heterocycles. The van der Waals surface area contributed by atoms with Gasteiger partial charge in [0.1, 0.15) is 0 Å². The van der Waals surface area contributed by atoms with E-state index in [4.69, 9.17) is 9.47 Å². The van der Waals surface area contributed by atoms with Gasteiger partial charge in [-0.05, 0) is 18.6 Å². The van der Waals surface area contributed by atoms with Crippen molar-refractivity contribution in [1.82, 2.24) is 4.72 Å². The van der Waals surface area contributed by atoms with E-state index in [-0.39, 0.29) is 10.9 Å². The van der Waals surface area contributed by atoms with Crippen molar-refractivity contribution in [1.29, 1.82) is 0 Å². The minimum atomic E-state index is -3.67. The maximum absolute atomic E-state index is 12.4. The van der Waals surface area contributed by atoms with E-state index in [2.05, 4.69) is 4.72 Å². The summed E-state index contributed by atoms with van der Waals surface area (Å²) < 4.78 is 37.7. The first-order valence-corrected chi connectivity index (χ1v) is 8.13. The van der Waals surface area contributed by atoms with Crippen LogP contribution in [-0.2, 0) is 10.0 Å². The molecule has 2 atom stereocenters. The Hall–Kier alpha value is -1.31. The maximum Gasteiger partial charge on any atom is 0.240 e. The molecule has 2 rings (SSSR count). The highest BCUT2D eigenvalue weighted by molar-refractivity contribution is 7.89. The lowest BCUT2D eigenvalue weighted by atomic mass is 9.65. The number of benzene rings is 1. The van der Waals surface area contributed by atoms with Crippen molar-refractivity contribution in [3.63, 3.8) is 0 Å². The molecule has 2 unspecified atom stereocenters. The molecule has 1 aliphatic rings. The van der Waals surface area contributed by atoms with Gasteiger partial charge in [0.15, 0.2) is 11.5 Å². The van der Waals surface area contributed by atoms with Crippen molar-refractivity contribution < 1.29 is 23.0 Å². The van der Waals surface area contributed by atoms with Crippen LogP contribution >= 0.6 is 0 Å². The van der Waals surface area contributed by atoms with E-state index < -0.39 is 21.5 Å². The molecule has 0 radical (unpaired) electrons. The summed E-state index contributed by atoms with van der Waals surface area (Å²) in [6.45, 7) is 3.67. The van der Waals surface area contributed by atoms with Gasteiger partial charge in [-0.1, -0.05) is 13.8 Å². The lowest BCUT2D eigenvalue weighted by molar-refractivity contribution is -0.0645. The molecule has 0 heterocycles. The quantitative estimate of drug-likeness (QED) is 0.851. The minimum absolute atomic E-state index is 0.109. The molecule has 0 saturated heterocycles. The Bertz CT molecular complexity index is 626. The fourth-order valence-corrected chi connectivity index (χ4v) is 3.76. The van der Waals surface area contributed by atoms with E-state index in [0.29, 0.717) is 17.9 Å². The molecule has 6 nitrogen and oxygen atoms in total. The Labute approximate surface area is 125 Å². The van der Waals surface area contributed by atoms with Crippen LogP contribution in [0.3, 0.4) is 0 Å². The van der Waals surface area contributed by atoms with Gasteiger partial charge in [0, 0.05) is 17.5 Å². The zero-order valence-corrected chi connectivity index (χ0v) is 13.4. The van der Waals surface area contributed by atoms with Crippen molar-refractivity contribution in [2.24, 2.45) is 5.41 Å². The van der Waals surface area contributed by atoms with Crippen molar-refractivity contribution in [3.05, 3.63) is 18.2 Å². The summed E-state index contributed by atoms with van der Waals surface area (Å²) in [5, 5.41) is 9.69. The van der Waals surface area contributed by atoms with Crippen LogP contribution in [0.25, 0.3) is 0 Å². The second-order valence-corrected chi connectivity index (χ2v) is 7.48. The first-order valence-electron chi connectivity index (χ1n) is 6.65. The number of sulfonamides is 1. The number of nitrogens with one attached hydrogen (secondary N) is 1. The van der Waals surface area contributed by atoms with Crippen LogP contribution in [0, 0.1) is 5.41 Å². The van der Waals surface area contributed by atoms with E-state index in [9.17, 15) is 13.5 Å². The van der Waals surface area contributed by atoms with E-state index in [0.717, 1.165) is 0 Å². The van der Waals surface area contributed by atoms with Crippen LogP contribution in [0.15, 0.2) is 23.1 Å². The van der Waals surface area contributed by atoms with Crippen LogP contribution in [0.5, 0.6) is 11.5 Å². The molecule has 21 heavy (non-hydrogen) atoms. The van der Waals surface area contributed by atoms with Crippen molar-refractivity contribution in [3.8, 4) is 11.5 Å². The summed E-state index contributed by atoms with van der Waals surface area (Å²) in [6.07, 6.45) is -0.0740. The molecule has 118 valence electrons. The largest absolute Gasteiger partial charge is 0.493 e. The summed E-state index contributed by atoms with van der Waals surface area (Å²) in [4.78, 5) is 0.109.